The molecule has 0 spiro atoms. The summed E-state index contributed by atoms with van der Waals surface area (Å²) in [5.74, 6) is -3.71. The van der Waals surface area contributed by atoms with Gasteiger partial charge < -0.3 is 14.2 Å². The van der Waals surface area contributed by atoms with Gasteiger partial charge in [0.2, 0.25) is 5.78 Å². The minimum atomic E-state index is -1.88. The maximum atomic E-state index is 11.8. The molecule has 0 aromatic rings. The SMILES string of the molecule is CCC(=O)OC1(OC)C=C(C(=O)OC)C=CC1=O. The van der Waals surface area contributed by atoms with E-state index in [-0.39, 0.29) is 12.0 Å². The Morgan fingerprint density at radius 3 is 2.44 bits per heavy atom. The molecule has 18 heavy (non-hydrogen) atoms. The van der Waals surface area contributed by atoms with E-state index < -0.39 is 23.5 Å². The lowest BCUT2D eigenvalue weighted by Gasteiger charge is -2.28. The molecule has 6 nitrogen and oxygen atoms in total. The highest BCUT2D eigenvalue weighted by molar-refractivity contribution is 6.05. The second-order valence-corrected chi connectivity index (χ2v) is 3.49. The minimum Gasteiger partial charge on any atom is -0.465 e. The van der Waals surface area contributed by atoms with Gasteiger partial charge in [-0.3, -0.25) is 9.59 Å². The molecular formula is C12H14O6. The van der Waals surface area contributed by atoms with Crippen molar-refractivity contribution in [1.82, 2.24) is 0 Å². The van der Waals surface area contributed by atoms with Crippen LogP contribution in [0.4, 0.5) is 0 Å². The molecule has 0 N–H and O–H groups in total. The van der Waals surface area contributed by atoms with Crippen LogP contribution in [0.15, 0.2) is 23.8 Å². The fraction of sp³-hybridized carbons (Fsp3) is 0.417. The van der Waals surface area contributed by atoms with Gasteiger partial charge in [-0.2, -0.15) is 0 Å². The maximum absolute atomic E-state index is 11.8. The first-order chi connectivity index (χ1) is 8.49. The third kappa shape index (κ3) is 2.65. The standard InChI is InChI=1S/C12H14O6/c1-4-10(14)18-12(17-3)7-8(11(15)16-2)5-6-9(12)13/h5-7H,4H2,1-3H3. The molecular weight excluding hydrogens is 240 g/mol. The summed E-state index contributed by atoms with van der Waals surface area (Å²) in [7, 11) is 2.42. The molecule has 1 rings (SSSR count). The van der Waals surface area contributed by atoms with Crippen LogP contribution in [-0.2, 0) is 28.6 Å². The summed E-state index contributed by atoms with van der Waals surface area (Å²) in [4.78, 5) is 34.5. The number of hydrogen-bond acceptors (Lipinski definition) is 6. The molecule has 0 saturated heterocycles. The summed E-state index contributed by atoms with van der Waals surface area (Å²) in [6, 6.07) is 0. The minimum absolute atomic E-state index is 0.0860. The van der Waals surface area contributed by atoms with E-state index in [0.717, 1.165) is 12.2 Å². The lowest BCUT2D eigenvalue weighted by atomic mass is 10.00. The lowest BCUT2D eigenvalue weighted by molar-refractivity contribution is -0.200. The predicted octanol–water partition coefficient (Wildman–Crippen LogP) is 0.521. The van der Waals surface area contributed by atoms with Crippen molar-refractivity contribution in [3.8, 4) is 0 Å². The van der Waals surface area contributed by atoms with Gasteiger partial charge in [0.25, 0.3) is 5.79 Å². The van der Waals surface area contributed by atoms with Gasteiger partial charge in [-0.05, 0) is 12.2 Å². The molecule has 1 aliphatic carbocycles. The first-order valence-corrected chi connectivity index (χ1v) is 5.29. The molecule has 0 fully saturated rings. The van der Waals surface area contributed by atoms with Crippen LogP contribution in [0.2, 0.25) is 0 Å². The Kier molecular flexibility index (Phi) is 4.38. The van der Waals surface area contributed by atoms with Gasteiger partial charge in [-0.1, -0.05) is 6.92 Å². The number of methoxy groups -OCH3 is 2. The normalized spacial score (nSPS) is 22.4. The molecule has 98 valence electrons. The van der Waals surface area contributed by atoms with Gasteiger partial charge >= 0.3 is 11.9 Å². The number of rotatable bonds is 4. The average molecular weight is 254 g/mol. The molecule has 6 heteroatoms. The van der Waals surface area contributed by atoms with Crippen LogP contribution in [0.25, 0.3) is 0 Å². The molecule has 0 aromatic carbocycles. The van der Waals surface area contributed by atoms with E-state index in [1.54, 1.807) is 6.92 Å². The summed E-state index contributed by atoms with van der Waals surface area (Å²) < 4.78 is 14.5. The molecule has 0 aromatic heterocycles. The zero-order valence-corrected chi connectivity index (χ0v) is 10.4. The monoisotopic (exact) mass is 254 g/mol. The van der Waals surface area contributed by atoms with Crippen molar-refractivity contribution in [3.63, 3.8) is 0 Å². The molecule has 0 saturated carbocycles. The van der Waals surface area contributed by atoms with Crippen molar-refractivity contribution in [2.75, 3.05) is 14.2 Å². The van der Waals surface area contributed by atoms with Gasteiger partial charge in [-0.25, -0.2) is 4.79 Å². The number of ketones is 1. The van der Waals surface area contributed by atoms with Crippen molar-refractivity contribution in [3.05, 3.63) is 23.8 Å². The van der Waals surface area contributed by atoms with Gasteiger partial charge in [0.1, 0.15) is 0 Å². The van der Waals surface area contributed by atoms with E-state index in [0.29, 0.717) is 0 Å². The quantitative estimate of drug-likeness (QED) is 0.537. The van der Waals surface area contributed by atoms with E-state index in [1.807, 2.05) is 0 Å². The fourth-order valence-corrected chi connectivity index (χ4v) is 1.37. The molecule has 1 aliphatic rings. The molecule has 1 atom stereocenters. The Morgan fingerprint density at radius 1 is 1.28 bits per heavy atom. The third-order valence-corrected chi connectivity index (χ3v) is 2.38. The topological polar surface area (TPSA) is 78.9 Å². The van der Waals surface area contributed by atoms with Crippen LogP contribution < -0.4 is 0 Å². The van der Waals surface area contributed by atoms with Gasteiger partial charge in [0, 0.05) is 19.6 Å². The van der Waals surface area contributed by atoms with E-state index in [9.17, 15) is 14.4 Å². The van der Waals surface area contributed by atoms with Crippen molar-refractivity contribution in [2.45, 2.75) is 19.1 Å². The van der Waals surface area contributed by atoms with Crippen molar-refractivity contribution in [1.29, 1.82) is 0 Å². The number of esters is 2. The Morgan fingerprint density at radius 2 is 1.94 bits per heavy atom. The van der Waals surface area contributed by atoms with Crippen LogP contribution in [0.3, 0.4) is 0 Å². The lowest BCUT2D eigenvalue weighted by Crippen LogP contribution is -2.44. The Labute approximate surface area is 104 Å². The van der Waals surface area contributed by atoms with Gasteiger partial charge in [0.05, 0.1) is 12.7 Å². The second-order valence-electron chi connectivity index (χ2n) is 3.49. The highest BCUT2D eigenvalue weighted by Crippen LogP contribution is 2.24. The highest BCUT2D eigenvalue weighted by atomic mass is 16.7. The van der Waals surface area contributed by atoms with Gasteiger partial charge in [0.15, 0.2) is 0 Å². The average Bonchev–Trinajstić information content (AvgIpc) is 2.40. The molecule has 0 bridgehead atoms. The van der Waals surface area contributed by atoms with Crippen molar-refractivity contribution >= 4 is 17.7 Å². The van der Waals surface area contributed by atoms with E-state index in [4.69, 9.17) is 9.47 Å². The summed E-state index contributed by atoms with van der Waals surface area (Å²) in [6.07, 6.45) is 3.61. The second kappa shape index (κ2) is 5.59. The number of carbonyl (C=O) groups is 3. The van der Waals surface area contributed by atoms with Crippen LogP contribution in [0.5, 0.6) is 0 Å². The fourth-order valence-electron chi connectivity index (χ4n) is 1.37. The van der Waals surface area contributed by atoms with Crippen LogP contribution in [0.1, 0.15) is 13.3 Å². The van der Waals surface area contributed by atoms with Crippen LogP contribution in [0, 0.1) is 0 Å². The van der Waals surface area contributed by atoms with Crippen LogP contribution in [-0.4, -0.2) is 37.7 Å². The largest absolute Gasteiger partial charge is 0.465 e. The zero-order valence-electron chi connectivity index (χ0n) is 10.4. The highest BCUT2D eigenvalue weighted by Gasteiger charge is 2.42. The first-order valence-electron chi connectivity index (χ1n) is 5.29. The van der Waals surface area contributed by atoms with E-state index in [2.05, 4.69) is 4.74 Å². The predicted molar refractivity (Wildman–Crippen MR) is 60.4 cm³/mol. The van der Waals surface area contributed by atoms with Crippen molar-refractivity contribution in [2.24, 2.45) is 0 Å². The van der Waals surface area contributed by atoms with E-state index in [1.165, 1.54) is 20.3 Å². The first kappa shape index (κ1) is 14.1. The molecule has 0 aliphatic heterocycles. The Hall–Kier alpha value is -1.95. The maximum Gasteiger partial charge on any atom is 0.337 e. The molecule has 1 unspecified atom stereocenters. The number of carbonyl (C=O) groups excluding carboxylic acids is 3. The zero-order chi connectivity index (χ0) is 13.8. The molecule has 0 amide bonds. The van der Waals surface area contributed by atoms with Gasteiger partial charge in [-0.15, -0.1) is 0 Å². The molecule has 0 heterocycles. The smallest absolute Gasteiger partial charge is 0.337 e. The Balaban J connectivity index is 3.11. The number of hydrogen-bond donors (Lipinski definition) is 0. The van der Waals surface area contributed by atoms with E-state index >= 15 is 0 Å². The summed E-state index contributed by atoms with van der Waals surface area (Å²) >= 11 is 0. The summed E-state index contributed by atoms with van der Waals surface area (Å²) in [5.41, 5.74) is 0.0860. The number of ether oxygens (including phenoxy) is 3. The molecule has 0 radical (unpaired) electrons. The Bertz CT molecular complexity index is 434. The summed E-state index contributed by atoms with van der Waals surface area (Å²) in [6.45, 7) is 1.58. The summed E-state index contributed by atoms with van der Waals surface area (Å²) in [5, 5.41) is 0. The van der Waals surface area contributed by atoms with Crippen molar-refractivity contribution < 1.29 is 28.6 Å². The third-order valence-electron chi connectivity index (χ3n) is 2.38. The van der Waals surface area contributed by atoms with Crippen LogP contribution >= 0.6 is 0 Å².